The highest BCUT2D eigenvalue weighted by molar-refractivity contribution is 6.31. The van der Waals surface area contributed by atoms with Gasteiger partial charge in [-0.1, -0.05) is 79.6 Å². The smallest absolute Gasteiger partial charge is 0.408 e. The Morgan fingerprint density at radius 2 is 1.70 bits per heavy atom. The summed E-state index contributed by atoms with van der Waals surface area (Å²) >= 11 is 12.7. The number of ether oxygens (including phenoxy) is 1. The van der Waals surface area contributed by atoms with E-state index in [0.29, 0.717) is 35.7 Å². The zero-order valence-corrected chi connectivity index (χ0v) is 25.7. The number of nitrogens with one attached hydrogen (secondary N) is 3. The molecule has 5 rings (SSSR count). The maximum atomic E-state index is 13.6. The van der Waals surface area contributed by atoms with Gasteiger partial charge in [0.1, 0.15) is 18.4 Å². The Morgan fingerprint density at radius 3 is 2.33 bits per heavy atom. The normalized spacial score (nSPS) is 21.6. The molecule has 0 spiro atoms. The monoisotopic (exact) mass is 627 g/mol. The van der Waals surface area contributed by atoms with E-state index in [0.717, 1.165) is 56.1 Å². The summed E-state index contributed by atoms with van der Waals surface area (Å²) < 4.78 is 6.18. The molecular weight excluding hydrogens is 589 g/mol. The average molecular weight is 629 g/mol. The topological polar surface area (TPSA) is 114 Å². The van der Waals surface area contributed by atoms with Gasteiger partial charge in [0.15, 0.2) is 0 Å². The van der Waals surface area contributed by atoms with Crippen LogP contribution in [-0.2, 0) is 24.5 Å². The van der Waals surface area contributed by atoms with Crippen molar-refractivity contribution in [2.45, 2.75) is 87.8 Å². The molecule has 2 saturated carbocycles. The molecule has 0 aromatic heterocycles. The second-order valence-electron chi connectivity index (χ2n) is 12.2. The molecule has 3 fully saturated rings. The van der Waals surface area contributed by atoms with Crippen molar-refractivity contribution in [2.24, 2.45) is 11.8 Å². The van der Waals surface area contributed by atoms with Gasteiger partial charge in [-0.25, -0.2) is 4.79 Å². The summed E-state index contributed by atoms with van der Waals surface area (Å²) in [4.78, 5) is 51.2. The van der Waals surface area contributed by atoms with Gasteiger partial charge in [-0.15, -0.1) is 0 Å². The first-order valence-corrected chi connectivity index (χ1v) is 16.0. The second-order valence-corrected chi connectivity index (χ2v) is 13.1. The van der Waals surface area contributed by atoms with E-state index in [-0.39, 0.29) is 24.2 Å². The van der Waals surface area contributed by atoms with Gasteiger partial charge in [0.2, 0.25) is 11.8 Å². The lowest BCUT2D eigenvalue weighted by molar-refractivity contribution is -0.127. The van der Waals surface area contributed by atoms with Crippen LogP contribution >= 0.6 is 23.2 Å². The molecule has 0 bridgehead atoms. The maximum absolute atomic E-state index is 13.6. The molecule has 2 aromatic carbocycles. The van der Waals surface area contributed by atoms with Crippen LogP contribution < -0.4 is 16.0 Å². The molecule has 2 aliphatic carbocycles. The molecule has 1 saturated heterocycles. The molecule has 4 unspecified atom stereocenters. The number of alkyl carbamates (subject to hydrolysis) is 1. The van der Waals surface area contributed by atoms with Crippen LogP contribution in [0.2, 0.25) is 10.0 Å². The van der Waals surface area contributed by atoms with Gasteiger partial charge in [0.05, 0.1) is 6.04 Å². The fourth-order valence-corrected chi connectivity index (χ4v) is 7.07. The molecule has 3 N–H and O–H groups in total. The average Bonchev–Trinajstić information content (AvgIpc) is 3.71. The highest BCUT2D eigenvalue weighted by atomic mass is 35.5. The highest BCUT2D eigenvalue weighted by Gasteiger charge is 2.54. The molecular formula is C33H39Cl2N3O5. The standard InChI is InChI=1S/C33H39Cl2N3O5/c34-25-10-4-8-22(17-25)29(33(13-14-33)24-9-5-11-26(35)19-24)43-32(42)38-28(16-21-6-2-1-3-7-21)31(41)37-27(20-39)18-23-12-15-36-30(23)40/h4-5,8-11,17,19-21,23,27-29H,1-3,6-7,12-16,18H2,(H,36,40)(H,37,41)(H,38,42). The number of benzene rings is 2. The molecule has 43 heavy (non-hydrogen) atoms. The third-order valence-corrected chi connectivity index (χ3v) is 9.63. The number of hydrogen-bond donors (Lipinski definition) is 3. The molecule has 4 atom stereocenters. The Labute approximate surface area is 262 Å². The molecule has 0 radical (unpaired) electrons. The Kier molecular flexibility index (Phi) is 10.3. The minimum Gasteiger partial charge on any atom is -0.440 e. The van der Waals surface area contributed by atoms with Gasteiger partial charge >= 0.3 is 6.09 Å². The van der Waals surface area contributed by atoms with Crippen molar-refractivity contribution in [3.05, 3.63) is 69.7 Å². The van der Waals surface area contributed by atoms with E-state index in [2.05, 4.69) is 16.0 Å². The molecule has 10 heteroatoms. The van der Waals surface area contributed by atoms with Crippen LogP contribution in [0.5, 0.6) is 0 Å². The van der Waals surface area contributed by atoms with E-state index in [1.165, 1.54) is 0 Å². The predicted octanol–water partition coefficient (Wildman–Crippen LogP) is 6.04. The minimum absolute atomic E-state index is 0.109. The van der Waals surface area contributed by atoms with Crippen molar-refractivity contribution < 1.29 is 23.9 Å². The summed E-state index contributed by atoms with van der Waals surface area (Å²) in [5.74, 6) is -0.620. The Morgan fingerprint density at radius 1 is 0.977 bits per heavy atom. The summed E-state index contributed by atoms with van der Waals surface area (Å²) in [6.07, 6.45) is 7.42. The lowest BCUT2D eigenvalue weighted by Crippen LogP contribution is -2.51. The van der Waals surface area contributed by atoms with Gasteiger partial charge < -0.3 is 25.5 Å². The lowest BCUT2D eigenvalue weighted by atomic mass is 9.84. The van der Waals surface area contributed by atoms with Crippen LogP contribution in [0.25, 0.3) is 0 Å². The van der Waals surface area contributed by atoms with Crippen LogP contribution in [-0.4, -0.2) is 42.8 Å². The van der Waals surface area contributed by atoms with Crippen molar-refractivity contribution in [1.82, 2.24) is 16.0 Å². The van der Waals surface area contributed by atoms with E-state index in [1.807, 2.05) is 36.4 Å². The van der Waals surface area contributed by atoms with Gasteiger partial charge in [0.25, 0.3) is 0 Å². The summed E-state index contributed by atoms with van der Waals surface area (Å²) in [6.45, 7) is 0.561. The Balaban J connectivity index is 1.34. The first-order valence-electron chi connectivity index (χ1n) is 15.3. The van der Waals surface area contributed by atoms with Crippen molar-refractivity contribution in [3.8, 4) is 0 Å². The molecule has 1 heterocycles. The quantitative estimate of drug-likeness (QED) is 0.248. The maximum Gasteiger partial charge on any atom is 0.408 e. The Hall–Kier alpha value is -3.10. The summed E-state index contributed by atoms with van der Waals surface area (Å²) in [5.41, 5.74) is 1.25. The molecule has 8 nitrogen and oxygen atoms in total. The number of hydrogen-bond acceptors (Lipinski definition) is 5. The predicted molar refractivity (Wildman–Crippen MR) is 165 cm³/mol. The number of aldehydes is 1. The molecule has 3 amide bonds. The van der Waals surface area contributed by atoms with Crippen LogP contribution in [0.4, 0.5) is 4.79 Å². The van der Waals surface area contributed by atoms with E-state index < -0.39 is 35.6 Å². The molecule has 1 aliphatic heterocycles. The molecule has 230 valence electrons. The van der Waals surface area contributed by atoms with E-state index in [9.17, 15) is 19.2 Å². The number of carbonyl (C=O) groups excluding carboxylic acids is 4. The van der Waals surface area contributed by atoms with E-state index in [4.69, 9.17) is 27.9 Å². The second kappa shape index (κ2) is 14.1. The van der Waals surface area contributed by atoms with Gasteiger partial charge in [-0.05, 0) is 73.4 Å². The fourth-order valence-electron chi connectivity index (χ4n) is 6.68. The fraction of sp³-hybridized carbons (Fsp3) is 0.515. The lowest BCUT2D eigenvalue weighted by Gasteiger charge is -2.30. The first kappa shape index (κ1) is 31.3. The van der Waals surface area contributed by atoms with Crippen LogP contribution in [0.15, 0.2) is 48.5 Å². The SMILES string of the molecule is O=CC(CC1CCNC1=O)NC(=O)C(CC1CCCCC1)NC(=O)OC(c1cccc(Cl)c1)C1(c2cccc(Cl)c2)CC1. The van der Waals surface area contributed by atoms with Gasteiger partial charge in [0, 0.05) is 27.9 Å². The number of rotatable bonds is 12. The third-order valence-electron chi connectivity index (χ3n) is 9.16. The molecule has 3 aliphatic rings. The summed E-state index contributed by atoms with van der Waals surface area (Å²) in [6, 6.07) is 13.1. The number of carbonyl (C=O) groups is 4. The third kappa shape index (κ3) is 7.90. The van der Waals surface area contributed by atoms with Crippen LogP contribution in [0, 0.1) is 11.8 Å². The summed E-state index contributed by atoms with van der Waals surface area (Å²) in [7, 11) is 0. The summed E-state index contributed by atoms with van der Waals surface area (Å²) in [5, 5.41) is 9.52. The van der Waals surface area contributed by atoms with E-state index >= 15 is 0 Å². The highest BCUT2D eigenvalue weighted by Crippen LogP contribution is 2.58. The largest absolute Gasteiger partial charge is 0.440 e. The van der Waals surface area contributed by atoms with Crippen molar-refractivity contribution in [2.75, 3.05) is 6.54 Å². The van der Waals surface area contributed by atoms with Crippen molar-refractivity contribution in [3.63, 3.8) is 0 Å². The minimum atomic E-state index is -0.892. The zero-order chi connectivity index (χ0) is 30.4. The van der Waals surface area contributed by atoms with Crippen molar-refractivity contribution >= 4 is 47.4 Å². The Bertz CT molecular complexity index is 1330. The van der Waals surface area contributed by atoms with Crippen LogP contribution in [0.3, 0.4) is 0 Å². The van der Waals surface area contributed by atoms with Gasteiger partial charge in [-0.3, -0.25) is 9.59 Å². The zero-order valence-electron chi connectivity index (χ0n) is 24.2. The number of halogens is 2. The van der Waals surface area contributed by atoms with E-state index in [1.54, 1.807) is 12.1 Å². The van der Waals surface area contributed by atoms with Crippen LogP contribution in [0.1, 0.15) is 81.4 Å². The molecule has 2 aromatic rings. The van der Waals surface area contributed by atoms with Crippen molar-refractivity contribution in [1.29, 1.82) is 0 Å². The first-order chi connectivity index (χ1) is 20.8. The number of amides is 3. The van der Waals surface area contributed by atoms with Gasteiger partial charge in [-0.2, -0.15) is 0 Å².